The fraction of sp³-hybridized carbons (Fsp3) is 0.500. The molecule has 4 rings (SSSR count). The summed E-state index contributed by atoms with van der Waals surface area (Å²) in [6.07, 6.45) is 1.62. The molecule has 0 spiro atoms. The molecule has 0 aliphatic carbocycles. The van der Waals surface area contributed by atoms with Gasteiger partial charge in [0, 0.05) is 37.5 Å². The van der Waals surface area contributed by atoms with Crippen molar-refractivity contribution in [1.29, 1.82) is 0 Å². The van der Waals surface area contributed by atoms with Crippen molar-refractivity contribution in [2.24, 2.45) is 0 Å². The number of likely N-dealkylation sites (N-methyl/N-ethyl adjacent to an activating group) is 2. The fourth-order valence-corrected chi connectivity index (χ4v) is 5.32. The normalized spacial score (nSPS) is 16.8. The van der Waals surface area contributed by atoms with Gasteiger partial charge in [0.1, 0.15) is 17.3 Å². The van der Waals surface area contributed by atoms with Gasteiger partial charge in [0.2, 0.25) is 11.8 Å². The van der Waals surface area contributed by atoms with Gasteiger partial charge in [-0.2, -0.15) is 0 Å². The van der Waals surface area contributed by atoms with E-state index in [4.69, 9.17) is 4.52 Å². The Balaban J connectivity index is 1.53. The van der Waals surface area contributed by atoms with Crippen LogP contribution in [0.5, 0.6) is 0 Å². The van der Waals surface area contributed by atoms with Crippen molar-refractivity contribution in [2.45, 2.75) is 39.7 Å². The lowest BCUT2D eigenvalue weighted by molar-refractivity contribution is -0.132. The summed E-state index contributed by atoms with van der Waals surface area (Å²) in [5.41, 5.74) is 3.43. The number of hydrogen-bond donors (Lipinski definition) is 0. The van der Waals surface area contributed by atoms with Crippen molar-refractivity contribution in [3.63, 3.8) is 0 Å². The van der Waals surface area contributed by atoms with Gasteiger partial charge in [-0.25, -0.2) is 0 Å². The van der Waals surface area contributed by atoms with Gasteiger partial charge in [0.05, 0.1) is 17.8 Å². The average Bonchev–Trinajstić information content (AvgIpc) is 3.21. The molecule has 0 fully saturated rings. The molecule has 0 saturated carbocycles. The summed E-state index contributed by atoms with van der Waals surface area (Å²) in [4.78, 5) is 43.8. The van der Waals surface area contributed by atoms with Crippen LogP contribution in [0.3, 0.4) is 0 Å². The molecule has 4 heterocycles. The molecule has 3 amide bonds. The molecule has 8 nitrogen and oxygen atoms in total. The number of hydrogen-bond acceptors (Lipinski definition) is 6. The first-order valence-corrected chi connectivity index (χ1v) is 10.5. The molecule has 2 aromatic rings. The Morgan fingerprint density at radius 2 is 1.97 bits per heavy atom. The largest absolute Gasteiger partial charge is 0.361 e. The maximum Gasteiger partial charge on any atom is 0.257 e. The third-order valence-electron chi connectivity index (χ3n) is 5.77. The highest BCUT2D eigenvalue weighted by Gasteiger charge is 2.36. The predicted octanol–water partition coefficient (Wildman–Crippen LogP) is 1.92. The molecule has 9 heteroatoms. The number of carbonyl (C=O) groups excluding carboxylic acids is 3. The van der Waals surface area contributed by atoms with E-state index in [-0.39, 0.29) is 24.3 Å². The van der Waals surface area contributed by atoms with Crippen molar-refractivity contribution < 1.29 is 18.9 Å². The lowest BCUT2D eigenvalue weighted by Crippen LogP contribution is -2.37. The van der Waals surface area contributed by atoms with Crippen molar-refractivity contribution in [3.8, 4) is 0 Å². The van der Waals surface area contributed by atoms with Gasteiger partial charge in [-0.05, 0) is 32.3 Å². The SMILES string of the molecule is Cc1noc(C)c1CCC(=O)N1CCc2c(sc3c2C(=O)N(C)CC(=O)N3C)C1. The van der Waals surface area contributed by atoms with Crippen molar-refractivity contribution >= 4 is 34.1 Å². The zero-order valence-corrected chi connectivity index (χ0v) is 17.9. The highest BCUT2D eigenvalue weighted by molar-refractivity contribution is 7.17. The second kappa shape index (κ2) is 7.29. The van der Waals surface area contributed by atoms with Gasteiger partial charge >= 0.3 is 0 Å². The van der Waals surface area contributed by atoms with Gasteiger partial charge in [-0.15, -0.1) is 11.3 Å². The Morgan fingerprint density at radius 1 is 1.21 bits per heavy atom. The van der Waals surface area contributed by atoms with Crippen LogP contribution in [0.1, 0.15) is 44.2 Å². The van der Waals surface area contributed by atoms with E-state index in [9.17, 15) is 14.4 Å². The quantitative estimate of drug-likeness (QED) is 0.763. The van der Waals surface area contributed by atoms with Crippen LogP contribution in [-0.2, 0) is 29.0 Å². The zero-order chi connectivity index (χ0) is 20.9. The van der Waals surface area contributed by atoms with E-state index in [2.05, 4.69) is 5.16 Å². The summed E-state index contributed by atoms with van der Waals surface area (Å²) in [5, 5.41) is 4.64. The molecule has 0 aromatic carbocycles. The van der Waals surface area contributed by atoms with Crippen LogP contribution in [0.2, 0.25) is 0 Å². The van der Waals surface area contributed by atoms with Crippen molar-refractivity contribution in [2.75, 3.05) is 32.1 Å². The maximum absolute atomic E-state index is 12.8. The predicted molar refractivity (Wildman–Crippen MR) is 108 cm³/mol. The number of thiophene rings is 1. The molecule has 2 aliphatic rings. The van der Waals surface area contributed by atoms with Crippen molar-refractivity contribution in [3.05, 3.63) is 33.0 Å². The number of carbonyl (C=O) groups is 3. The van der Waals surface area contributed by atoms with E-state index >= 15 is 0 Å². The highest BCUT2D eigenvalue weighted by atomic mass is 32.1. The third kappa shape index (κ3) is 3.33. The first-order valence-electron chi connectivity index (χ1n) is 9.64. The Morgan fingerprint density at radius 3 is 2.66 bits per heavy atom. The Bertz CT molecular complexity index is 989. The standard InChI is InChI=1S/C20H24N4O4S/c1-11-13(12(2)28-21-11)5-6-16(25)24-8-7-14-15(9-24)29-20-18(14)19(27)22(3)10-17(26)23(20)4/h5-10H2,1-4H3. The fourth-order valence-electron chi connectivity index (χ4n) is 3.99. The minimum Gasteiger partial charge on any atom is -0.361 e. The number of rotatable bonds is 3. The Hall–Kier alpha value is -2.68. The molecule has 2 aromatic heterocycles. The molecular weight excluding hydrogens is 392 g/mol. The number of aromatic nitrogens is 1. The minimum atomic E-state index is -0.117. The van der Waals surface area contributed by atoms with E-state index in [1.54, 1.807) is 19.0 Å². The minimum absolute atomic E-state index is 0.0760. The molecule has 2 aliphatic heterocycles. The van der Waals surface area contributed by atoms with Crippen LogP contribution in [0.4, 0.5) is 5.00 Å². The van der Waals surface area contributed by atoms with Gasteiger partial charge in [0.25, 0.3) is 5.91 Å². The van der Waals surface area contributed by atoms with Gasteiger partial charge in [0.15, 0.2) is 0 Å². The number of nitrogens with zero attached hydrogens (tertiary/aromatic N) is 4. The molecule has 0 unspecified atom stereocenters. The molecule has 0 N–H and O–H groups in total. The first kappa shape index (κ1) is 19.6. The number of anilines is 1. The Kier molecular flexibility index (Phi) is 4.94. The van der Waals surface area contributed by atoms with Gasteiger partial charge in [-0.3, -0.25) is 14.4 Å². The van der Waals surface area contributed by atoms with Crippen molar-refractivity contribution in [1.82, 2.24) is 15.0 Å². The molecule has 0 atom stereocenters. The van der Waals surface area contributed by atoms with Crippen LogP contribution >= 0.6 is 11.3 Å². The van der Waals surface area contributed by atoms with E-state index in [1.165, 1.54) is 16.2 Å². The van der Waals surface area contributed by atoms with Crippen LogP contribution in [0.25, 0.3) is 0 Å². The molecule has 154 valence electrons. The molecule has 29 heavy (non-hydrogen) atoms. The average molecular weight is 417 g/mol. The summed E-state index contributed by atoms with van der Waals surface area (Å²) >= 11 is 1.45. The monoisotopic (exact) mass is 416 g/mol. The molecule has 0 saturated heterocycles. The molecule has 0 bridgehead atoms. The van der Waals surface area contributed by atoms with Crippen LogP contribution in [0, 0.1) is 13.8 Å². The topological polar surface area (TPSA) is 87.0 Å². The molecular formula is C20H24N4O4S. The highest BCUT2D eigenvalue weighted by Crippen LogP contribution is 2.40. The maximum atomic E-state index is 12.8. The van der Waals surface area contributed by atoms with Crippen LogP contribution in [-0.4, -0.2) is 59.9 Å². The molecule has 0 radical (unpaired) electrons. The van der Waals surface area contributed by atoms with E-state index in [0.717, 1.165) is 27.5 Å². The zero-order valence-electron chi connectivity index (χ0n) is 17.1. The smallest absolute Gasteiger partial charge is 0.257 e. The lowest BCUT2D eigenvalue weighted by atomic mass is 10.0. The number of amides is 3. The summed E-state index contributed by atoms with van der Waals surface area (Å²) in [6.45, 7) is 4.88. The lowest BCUT2D eigenvalue weighted by Gasteiger charge is -2.27. The first-order chi connectivity index (χ1) is 13.8. The summed E-state index contributed by atoms with van der Waals surface area (Å²) < 4.78 is 5.17. The summed E-state index contributed by atoms with van der Waals surface area (Å²) in [5.74, 6) is 0.611. The van der Waals surface area contributed by atoms with Crippen LogP contribution in [0.15, 0.2) is 4.52 Å². The van der Waals surface area contributed by atoms with E-state index in [0.29, 0.717) is 42.9 Å². The third-order valence-corrected chi connectivity index (χ3v) is 7.07. The second-order valence-corrected chi connectivity index (χ2v) is 8.75. The Labute approximate surface area is 173 Å². The number of fused-ring (bicyclic) bond motifs is 3. The number of aryl methyl sites for hydroxylation is 2. The van der Waals surface area contributed by atoms with E-state index in [1.807, 2.05) is 18.7 Å². The second-order valence-electron chi connectivity index (χ2n) is 7.67. The van der Waals surface area contributed by atoms with Crippen LogP contribution < -0.4 is 4.90 Å². The van der Waals surface area contributed by atoms with Gasteiger partial charge in [-0.1, -0.05) is 5.16 Å². The summed E-state index contributed by atoms with van der Waals surface area (Å²) in [7, 11) is 3.36. The van der Waals surface area contributed by atoms with Gasteiger partial charge < -0.3 is 19.2 Å². The van der Waals surface area contributed by atoms with E-state index < -0.39 is 0 Å². The summed E-state index contributed by atoms with van der Waals surface area (Å²) in [6, 6.07) is 0.